The second-order valence-electron chi connectivity index (χ2n) is 4.29. The molecule has 0 aliphatic carbocycles. The van der Waals surface area contributed by atoms with Gasteiger partial charge in [-0.15, -0.1) is 11.3 Å². The van der Waals surface area contributed by atoms with Gasteiger partial charge in [0.2, 0.25) is 0 Å². The second kappa shape index (κ2) is 6.32. The normalized spacial score (nSPS) is 10.8. The Morgan fingerprint density at radius 1 is 1.29 bits per heavy atom. The minimum atomic E-state index is -1.05. The number of carbonyl (C=O) groups excluding carboxylic acids is 1. The summed E-state index contributed by atoms with van der Waals surface area (Å²) in [5, 5.41) is 11.1. The Labute approximate surface area is 124 Å². The van der Waals surface area contributed by atoms with Crippen LogP contribution in [0.15, 0.2) is 36.4 Å². The van der Waals surface area contributed by atoms with Gasteiger partial charge in [0.05, 0.1) is 4.88 Å². The number of hydrogen-bond acceptors (Lipinski definition) is 3. The Morgan fingerprint density at radius 2 is 2.05 bits per heavy atom. The average Bonchev–Trinajstić information content (AvgIpc) is 2.89. The Kier molecular flexibility index (Phi) is 4.49. The smallest absolute Gasteiger partial charge is 0.328 e. The molecule has 6 heteroatoms. The van der Waals surface area contributed by atoms with Gasteiger partial charge in [-0.25, -0.2) is 9.18 Å². The van der Waals surface area contributed by atoms with Crippen molar-refractivity contribution in [1.29, 1.82) is 0 Å². The van der Waals surface area contributed by atoms with Crippen LogP contribution < -0.4 is 5.32 Å². The fourth-order valence-corrected chi connectivity index (χ4v) is 2.39. The van der Waals surface area contributed by atoms with E-state index in [1.165, 1.54) is 12.1 Å². The number of carboxylic acids is 1. The number of nitrogens with one attached hydrogen (secondary N) is 1. The SMILES string of the molecule is Cc1ccc(NC(=O)c2ccc(C=CC(=O)O)s2)cc1F. The number of amides is 1. The molecule has 0 fully saturated rings. The lowest BCUT2D eigenvalue weighted by atomic mass is 10.2. The lowest BCUT2D eigenvalue weighted by molar-refractivity contribution is -0.131. The van der Waals surface area contributed by atoms with Crippen LogP contribution in [0.1, 0.15) is 20.1 Å². The average molecular weight is 305 g/mol. The van der Waals surface area contributed by atoms with Gasteiger partial charge in [-0.3, -0.25) is 4.79 Å². The molecule has 0 bridgehead atoms. The van der Waals surface area contributed by atoms with Crippen molar-refractivity contribution in [3.63, 3.8) is 0 Å². The van der Waals surface area contributed by atoms with E-state index in [0.29, 0.717) is 21.0 Å². The van der Waals surface area contributed by atoms with Gasteiger partial charge < -0.3 is 10.4 Å². The van der Waals surface area contributed by atoms with Crippen LogP contribution in [0.25, 0.3) is 6.08 Å². The summed E-state index contributed by atoms with van der Waals surface area (Å²) in [6, 6.07) is 7.70. The number of thiophene rings is 1. The van der Waals surface area contributed by atoms with Crippen LogP contribution in [-0.2, 0) is 4.79 Å². The zero-order valence-corrected chi connectivity index (χ0v) is 11.9. The predicted octanol–water partition coefficient (Wildman–Crippen LogP) is 3.55. The number of aryl methyl sites for hydroxylation is 1. The molecule has 108 valence electrons. The molecule has 0 saturated carbocycles. The molecule has 21 heavy (non-hydrogen) atoms. The molecular weight excluding hydrogens is 293 g/mol. The van der Waals surface area contributed by atoms with E-state index in [1.807, 2.05) is 0 Å². The second-order valence-corrected chi connectivity index (χ2v) is 5.41. The van der Waals surface area contributed by atoms with E-state index in [4.69, 9.17) is 5.11 Å². The highest BCUT2D eigenvalue weighted by Gasteiger charge is 2.09. The van der Waals surface area contributed by atoms with E-state index < -0.39 is 5.97 Å². The van der Waals surface area contributed by atoms with E-state index in [1.54, 1.807) is 31.2 Å². The van der Waals surface area contributed by atoms with Gasteiger partial charge in [0, 0.05) is 16.6 Å². The van der Waals surface area contributed by atoms with Crippen molar-refractivity contribution in [3.8, 4) is 0 Å². The number of hydrogen-bond donors (Lipinski definition) is 2. The first-order chi connectivity index (χ1) is 9.95. The number of carbonyl (C=O) groups is 2. The van der Waals surface area contributed by atoms with Crippen molar-refractivity contribution < 1.29 is 19.1 Å². The summed E-state index contributed by atoms with van der Waals surface area (Å²) < 4.78 is 13.4. The third-order valence-electron chi connectivity index (χ3n) is 2.67. The molecule has 2 rings (SSSR count). The molecule has 1 aromatic carbocycles. The van der Waals surface area contributed by atoms with Crippen molar-refractivity contribution in [2.75, 3.05) is 5.32 Å². The van der Waals surface area contributed by atoms with Crippen LogP contribution >= 0.6 is 11.3 Å². The Hall–Kier alpha value is -2.47. The van der Waals surface area contributed by atoms with Crippen LogP contribution in [-0.4, -0.2) is 17.0 Å². The maximum atomic E-state index is 13.4. The first-order valence-corrected chi connectivity index (χ1v) is 6.85. The number of benzene rings is 1. The number of carboxylic acid groups (broad SMARTS) is 1. The standard InChI is InChI=1S/C15H12FNO3S/c1-9-2-3-10(8-12(9)16)17-15(20)13-6-4-11(21-13)5-7-14(18)19/h2-8H,1H3,(H,17,20)(H,18,19). The van der Waals surface area contributed by atoms with Gasteiger partial charge in [-0.1, -0.05) is 6.07 Å². The minimum absolute atomic E-state index is 0.363. The lowest BCUT2D eigenvalue weighted by Crippen LogP contribution is -2.10. The van der Waals surface area contributed by atoms with Gasteiger partial charge in [-0.05, 0) is 42.8 Å². The number of rotatable bonds is 4. The molecule has 1 amide bonds. The molecular formula is C15H12FNO3S. The maximum absolute atomic E-state index is 13.4. The van der Waals surface area contributed by atoms with Crippen LogP contribution in [0, 0.1) is 12.7 Å². The monoisotopic (exact) mass is 305 g/mol. The fraction of sp³-hybridized carbons (Fsp3) is 0.0667. The fourth-order valence-electron chi connectivity index (χ4n) is 1.58. The van der Waals surface area contributed by atoms with E-state index in [-0.39, 0.29) is 11.7 Å². The summed E-state index contributed by atoms with van der Waals surface area (Å²) in [5.74, 6) is -1.80. The van der Waals surface area contributed by atoms with Gasteiger partial charge >= 0.3 is 5.97 Å². The summed E-state index contributed by atoms with van der Waals surface area (Å²) in [7, 11) is 0. The zero-order chi connectivity index (χ0) is 15.4. The molecule has 2 aromatic rings. The van der Waals surface area contributed by atoms with Gasteiger partial charge in [-0.2, -0.15) is 0 Å². The summed E-state index contributed by atoms with van der Waals surface area (Å²) in [6.45, 7) is 1.64. The summed E-state index contributed by atoms with van der Waals surface area (Å²) in [5.41, 5.74) is 0.879. The third kappa shape index (κ3) is 4.00. The third-order valence-corrected chi connectivity index (χ3v) is 3.72. The van der Waals surface area contributed by atoms with Crippen LogP contribution in [0.2, 0.25) is 0 Å². The molecule has 0 atom stereocenters. The van der Waals surface area contributed by atoms with Gasteiger partial charge in [0.1, 0.15) is 5.82 Å². The van der Waals surface area contributed by atoms with Crippen LogP contribution in [0.5, 0.6) is 0 Å². The van der Waals surface area contributed by atoms with Crippen molar-refractivity contribution in [1.82, 2.24) is 0 Å². The first-order valence-electron chi connectivity index (χ1n) is 6.04. The minimum Gasteiger partial charge on any atom is -0.478 e. The highest BCUT2D eigenvalue weighted by Crippen LogP contribution is 2.20. The molecule has 0 aliphatic heterocycles. The van der Waals surface area contributed by atoms with Crippen molar-refractivity contribution >= 4 is 35.0 Å². The Bertz CT molecular complexity index is 721. The molecule has 0 spiro atoms. The van der Waals surface area contributed by atoms with Gasteiger partial charge in [0.25, 0.3) is 5.91 Å². The lowest BCUT2D eigenvalue weighted by Gasteiger charge is -2.04. The van der Waals surface area contributed by atoms with Crippen LogP contribution in [0.3, 0.4) is 0 Å². The maximum Gasteiger partial charge on any atom is 0.328 e. The molecule has 0 saturated heterocycles. The number of aliphatic carboxylic acids is 1. The number of halogens is 1. The van der Waals surface area contributed by atoms with E-state index >= 15 is 0 Å². The van der Waals surface area contributed by atoms with E-state index in [0.717, 1.165) is 17.4 Å². The highest BCUT2D eigenvalue weighted by atomic mass is 32.1. The number of anilines is 1. The summed E-state index contributed by atoms with van der Waals surface area (Å²) in [6.07, 6.45) is 2.41. The topological polar surface area (TPSA) is 66.4 Å². The van der Waals surface area contributed by atoms with E-state index in [9.17, 15) is 14.0 Å². The molecule has 1 aromatic heterocycles. The summed E-state index contributed by atoms with van der Waals surface area (Å²) >= 11 is 1.15. The van der Waals surface area contributed by atoms with Gasteiger partial charge in [0.15, 0.2) is 0 Å². The zero-order valence-electron chi connectivity index (χ0n) is 11.1. The van der Waals surface area contributed by atoms with Crippen molar-refractivity contribution in [2.45, 2.75) is 6.92 Å². The van der Waals surface area contributed by atoms with Crippen molar-refractivity contribution in [2.24, 2.45) is 0 Å². The Balaban J connectivity index is 2.10. The molecule has 2 N–H and O–H groups in total. The molecule has 0 aliphatic rings. The summed E-state index contributed by atoms with van der Waals surface area (Å²) in [4.78, 5) is 23.5. The van der Waals surface area contributed by atoms with E-state index in [2.05, 4.69) is 5.32 Å². The van der Waals surface area contributed by atoms with Crippen LogP contribution in [0.4, 0.5) is 10.1 Å². The first kappa shape index (κ1) is 14.9. The quantitative estimate of drug-likeness (QED) is 0.849. The largest absolute Gasteiger partial charge is 0.478 e. The molecule has 0 unspecified atom stereocenters. The molecule has 1 heterocycles. The van der Waals surface area contributed by atoms with Crippen molar-refractivity contribution in [3.05, 3.63) is 57.5 Å². The predicted molar refractivity (Wildman–Crippen MR) is 80.1 cm³/mol. The highest BCUT2D eigenvalue weighted by molar-refractivity contribution is 7.15. The molecule has 4 nitrogen and oxygen atoms in total. The Morgan fingerprint density at radius 3 is 2.71 bits per heavy atom. The molecule has 0 radical (unpaired) electrons.